The van der Waals surface area contributed by atoms with Crippen LogP contribution in [0.25, 0.3) is 0 Å². The summed E-state index contributed by atoms with van der Waals surface area (Å²) in [5, 5.41) is 3.33. The average Bonchev–Trinajstić information content (AvgIpc) is 2.56. The quantitative estimate of drug-likeness (QED) is 0.934. The molecule has 122 valence electrons. The molecule has 1 atom stereocenters. The highest BCUT2D eigenvalue weighted by Crippen LogP contribution is 2.16. The number of aromatic nitrogens is 3. The molecule has 1 aliphatic rings. The molecular formula is C17H23N5O. The van der Waals surface area contributed by atoms with Gasteiger partial charge in [0.25, 0.3) is 0 Å². The summed E-state index contributed by atoms with van der Waals surface area (Å²) in [5.41, 5.74) is 2.94. The molecule has 23 heavy (non-hydrogen) atoms. The lowest BCUT2D eigenvalue weighted by Gasteiger charge is -2.32. The molecule has 0 spiro atoms. The first-order chi connectivity index (χ1) is 11.1. The Hall–Kier alpha value is -2.21. The third kappa shape index (κ3) is 3.96. The van der Waals surface area contributed by atoms with Crippen molar-refractivity contribution in [3.05, 3.63) is 41.5 Å². The molecule has 1 fully saturated rings. The topological polar surface area (TPSA) is 63.2 Å². The predicted molar refractivity (Wildman–Crippen MR) is 90.7 cm³/mol. The zero-order valence-corrected chi connectivity index (χ0v) is 13.9. The van der Waals surface area contributed by atoms with Gasteiger partial charge < -0.3 is 15.0 Å². The fourth-order valence-corrected chi connectivity index (χ4v) is 2.63. The highest BCUT2D eigenvalue weighted by atomic mass is 16.5. The molecule has 1 unspecified atom stereocenters. The van der Waals surface area contributed by atoms with Gasteiger partial charge >= 0.3 is 0 Å². The molecule has 3 heterocycles. The molecular weight excluding hydrogens is 290 g/mol. The molecule has 2 aromatic heterocycles. The lowest BCUT2D eigenvalue weighted by Crippen LogP contribution is -2.41. The number of anilines is 2. The minimum absolute atomic E-state index is 0.259. The van der Waals surface area contributed by atoms with E-state index in [1.807, 2.05) is 20.0 Å². The van der Waals surface area contributed by atoms with Crippen LogP contribution >= 0.6 is 0 Å². The van der Waals surface area contributed by atoms with Crippen LogP contribution in [0.1, 0.15) is 23.9 Å². The van der Waals surface area contributed by atoms with Crippen LogP contribution in [0.5, 0.6) is 0 Å². The first-order valence-corrected chi connectivity index (χ1v) is 7.97. The van der Waals surface area contributed by atoms with E-state index in [0.717, 1.165) is 48.3 Å². The summed E-state index contributed by atoms with van der Waals surface area (Å²) in [6.45, 7) is 9.22. The Bertz CT molecular complexity index is 659. The first-order valence-electron chi connectivity index (χ1n) is 7.97. The van der Waals surface area contributed by atoms with Crippen molar-refractivity contribution in [1.82, 2.24) is 15.0 Å². The SMILES string of the molecule is Cc1cnc(C)c(NCc2ccc(N3CCOC(C)C3)nc2)n1. The van der Waals surface area contributed by atoms with Gasteiger partial charge in [0.15, 0.2) is 0 Å². The van der Waals surface area contributed by atoms with Crippen molar-refractivity contribution >= 4 is 11.6 Å². The highest BCUT2D eigenvalue weighted by Gasteiger charge is 2.17. The normalized spacial score (nSPS) is 18.0. The van der Waals surface area contributed by atoms with Gasteiger partial charge in [-0.05, 0) is 32.4 Å². The first kappa shape index (κ1) is 15.7. The van der Waals surface area contributed by atoms with Gasteiger partial charge in [0, 0.05) is 32.0 Å². The Kier molecular flexibility index (Phi) is 4.71. The van der Waals surface area contributed by atoms with Gasteiger partial charge in [-0.1, -0.05) is 6.07 Å². The van der Waals surface area contributed by atoms with E-state index in [0.29, 0.717) is 6.54 Å². The molecule has 0 amide bonds. The van der Waals surface area contributed by atoms with Gasteiger partial charge in [-0.3, -0.25) is 4.98 Å². The maximum Gasteiger partial charge on any atom is 0.148 e. The van der Waals surface area contributed by atoms with E-state index in [-0.39, 0.29) is 6.10 Å². The van der Waals surface area contributed by atoms with Crippen LogP contribution in [0, 0.1) is 13.8 Å². The predicted octanol–water partition coefficient (Wildman–Crippen LogP) is 2.33. The lowest BCUT2D eigenvalue weighted by molar-refractivity contribution is 0.0529. The molecule has 1 aliphatic heterocycles. The average molecular weight is 313 g/mol. The van der Waals surface area contributed by atoms with Gasteiger partial charge in [0.05, 0.1) is 24.1 Å². The molecule has 0 aliphatic carbocycles. The number of hydrogen-bond donors (Lipinski definition) is 1. The fourth-order valence-electron chi connectivity index (χ4n) is 2.63. The van der Waals surface area contributed by atoms with Crippen LogP contribution in [-0.2, 0) is 11.3 Å². The van der Waals surface area contributed by atoms with E-state index in [2.05, 4.69) is 44.2 Å². The Labute approximate surface area is 136 Å². The number of nitrogens with zero attached hydrogens (tertiary/aromatic N) is 4. The second-order valence-corrected chi connectivity index (χ2v) is 5.95. The number of aryl methyl sites for hydroxylation is 2. The van der Waals surface area contributed by atoms with Crippen molar-refractivity contribution in [1.29, 1.82) is 0 Å². The van der Waals surface area contributed by atoms with Crippen LogP contribution in [0.3, 0.4) is 0 Å². The van der Waals surface area contributed by atoms with Crippen molar-refractivity contribution in [3.63, 3.8) is 0 Å². The third-order valence-corrected chi connectivity index (χ3v) is 3.91. The standard InChI is InChI=1S/C17H23N5O/c1-12-8-18-14(3)17(21-12)20-10-15-4-5-16(19-9-15)22-6-7-23-13(2)11-22/h4-5,8-9,13H,6-7,10-11H2,1-3H3,(H,20,21). The monoisotopic (exact) mass is 313 g/mol. The molecule has 2 aromatic rings. The summed E-state index contributed by atoms with van der Waals surface area (Å²) in [5.74, 6) is 1.84. The molecule has 0 radical (unpaired) electrons. The maximum atomic E-state index is 5.57. The summed E-state index contributed by atoms with van der Waals surface area (Å²) in [7, 11) is 0. The maximum absolute atomic E-state index is 5.57. The molecule has 0 aromatic carbocycles. The third-order valence-electron chi connectivity index (χ3n) is 3.91. The smallest absolute Gasteiger partial charge is 0.148 e. The van der Waals surface area contributed by atoms with Crippen LogP contribution in [0.2, 0.25) is 0 Å². The second kappa shape index (κ2) is 6.91. The summed E-state index contributed by atoms with van der Waals surface area (Å²) < 4.78 is 5.57. The molecule has 6 nitrogen and oxygen atoms in total. The van der Waals surface area contributed by atoms with Crippen molar-refractivity contribution in [2.45, 2.75) is 33.4 Å². The Balaban J connectivity index is 1.62. The molecule has 1 N–H and O–H groups in total. The number of pyridine rings is 1. The van der Waals surface area contributed by atoms with Gasteiger partial charge in [-0.15, -0.1) is 0 Å². The summed E-state index contributed by atoms with van der Waals surface area (Å²) >= 11 is 0. The molecule has 1 saturated heterocycles. The number of morpholine rings is 1. The van der Waals surface area contributed by atoms with Crippen molar-refractivity contribution in [3.8, 4) is 0 Å². The zero-order valence-electron chi connectivity index (χ0n) is 13.9. The number of rotatable bonds is 4. The molecule has 0 bridgehead atoms. The van der Waals surface area contributed by atoms with Crippen molar-refractivity contribution < 1.29 is 4.74 Å². The zero-order chi connectivity index (χ0) is 16.2. The van der Waals surface area contributed by atoms with Crippen LogP contribution in [0.15, 0.2) is 24.5 Å². The van der Waals surface area contributed by atoms with E-state index in [9.17, 15) is 0 Å². The van der Waals surface area contributed by atoms with Gasteiger partial charge in [-0.2, -0.15) is 0 Å². The summed E-state index contributed by atoms with van der Waals surface area (Å²) in [6, 6.07) is 4.18. The van der Waals surface area contributed by atoms with E-state index < -0.39 is 0 Å². The lowest BCUT2D eigenvalue weighted by atomic mass is 10.2. The van der Waals surface area contributed by atoms with Gasteiger partial charge in [-0.25, -0.2) is 9.97 Å². The van der Waals surface area contributed by atoms with E-state index >= 15 is 0 Å². The van der Waals surface area contributed by atoms with Gasteiger partial charge in [0.2, 0.25) is 0 Å². The summed E-state index contributed by atoms with van der Waals surface area (Å²) in [6.07, 6.45) is 3.95. The van der Waals surface area contributed by atoms with Crippen LogP contribution in [-0.4, -0.2) is 40.8 Å². The largest absolute Gasteiger partial charge is 0.375 e. The van der Waals surface area contributed by atoms with E-state index in [1.54, 1.807) is 6.20 Å². The van der Waals surface area contributed by atoms with E-state index in [1.165, 1.54) is 0 Å². The van der Waals surface area contributed by atoms with Crippen molar-refractivity contribution in [2.24, 2.45) is 0 Å². The number of hydrogen-bond acceptors (Lipinski definition) is 6. The van der Waals surface area contributed by atoms with Crippen molar-refractivity contribution in [2.75, 3.05) is 29.9 Å². The fraction of sp³-hybridized carbons (Fsp3) is 0.471. The van der Waals surface area contributed by atoms with E-state index in [4.69, 9.17) is 4.74 Å². The number of nitrogens with one attached hydrogen (secondary N) is 1. The van der Waals surface area contributed by atoms with Gasteiger partial charge in [0.1, 0.15) is 11.6 Å². The van der Waals surface area contributed by atoms with Crippen LogP contribution < -0.4 is 10.2 Å². The molecule has 6 heteroatoms. The minimum Gasteiger partial charge on any atom is -0.375 e. The molecule has 3 rings (SSSR count). The Morgan fingerprint density at radius 2 is 2.13 bits per heavy atom. The number of ether oxygens (including phenoxy) is 1. The Morgan fingerprint density at radius 1 is 1.26 bits per heavy atom. The Morgan fingerprint density at radius 3 is 2.87 bits per heavy atom. The van der Waals surface area contributed by atoms with Crippen LogP contribution in [0.4, 0.5) is 11.6 Å². The molecule has 0 saturated carbocycles. The summed E-state index contributed by atoms with van der Waals surface area (Å²) in [4.78, 5) is 15.6. The minimum atomic E-state index is 0.259. The second-order valence-electron chi connectivity index (χ2n) is 5.95. The highest BCUT2D eigenvalue weighted by molar-refractivity contribution is 5.43.